The van der Waals surface area contributed by atoms with E-state index in [0.717, 1.165) is 6.42 Å². The van der Waals surface area contributed by atoms with Gasteiger partial charge in [0.05, 0.1) is 24.9 Å². The maximum absolute atomic E-state index is 9.96. The van der Waals surface area contributed by atoms with Crippen LogP contribution >= 0.6 is 0 Å². The molecule has 0 radical (unpaired) electrons. The van der Waals surface area contributed by atoms with Gasteiger partial charge >= 0.3 is 0 Å². The molecule has 2 N–H and O–H groups in total. The summed E-state index contributed by atoms with van der Waals surface area (Å²) in [6.07, 6.45) is 6.67. The van der Waals surface area contributed by atoms with Crippen molar-refractivity contribution in [2.75, 3.05) is 0 Å². The molecular formula is C12H21N3O2. The fraction of sp³-hybridized carbons (Fsp3) is 0.833. The number of hydrogen-bond acceptors (Lipinski definition) is 4. The van der Waals surface area contributed by atoms with Gasteiger partial charge in [-0.2, -0.15) is 0 Å². The van der Waals surface area contributed by atoms with Crippen LogP contribution in [0.3, 0.4) is 0 Å². The van der Waals surface area contributed by atoms with Crippen molar-refractivity contribution in [2.24, 2.45) is 5.92 Å². The minimum atomic E-state index is -0.601. The van der Waals surface area contributed by atoms with Gasteiger partial charge in [-0.1, -0.05) is 30.9 Å². The van der Waals surface area contributed by atoms with E-state index in [1.165, 1.54) is 25.7 Å². The molecule has 0 aliphatic heterocycles. The summed E-state index contributed by atoms with van der Waals surface area (Å²) in [7, 11) is 0. The molecule has 2 rings (SSSR count). The fourth-order valence-electron chi connectivity index (χ4n) is 2.52. The Morgan fingerprint density at radius 1 is 1.41 bits per heavy atom. The van der Waals surface area contributed by atoms with Crippen LogP contribution in [-0.2, 0) is 6.54 Å². The van der Waals surface area contributed by atoms with Crippen LogP contribution in [0.4, 0.5) is 0 Å². The summed E-state index contributed by atoms with van der Waals surface area (Å²) in [6.45, 7) is 2.12. The van der Waals surface area contributed by atoms with Gasteiger partial charge in [-0.05, 0) is 19.3 Å². The standard InChI is InChI=1S/C12H21N3O2/c1-9(16)12-8-15(14-13-12)7-11(17)6-10-4-2-3-5-10/h8-11,16-17H,2-7H2,1H3. The zero-order chi connectivity index (χ0) is 12.3. The first-order valence-electron chi connectivity index (χ1n) is 6.41. The molecule has 0 amide bonds. The first kappa shape index (κ1) is 12.5. The molecule has 5 heteroatoms. The number of aliphatic hydroxyl groups excluding tert-OH is 2. The Labute approximate surface area is 101 Å². The summed E-state index contributed by atoms with van der Waals surface area (Å²) >= 11 is 0. The van der Waals surface area contributed by atoms with E-state index in [1.54, 1.807) is 17.8 Å². The molecule has 0 bridgehead atoms. The largest absolute Gasteiger partial charge is 0.391 e. The van der Waals surface area contributed by atoms with Crippen molar-refractivity contribution in [3.63, 3.8) is 0 Å². The van der Waals surface area contributed by atoms with Gasteiger partial charge < -0.3 is 10.2 Å². The van der Waals surface area contributed by atoms with E-state index in [-0.39, 0.29) is 6.10 Å². The molecule has 2 unspecified atom stereocenters. The number of aromatic nitrogens is 3. The summed E-state index contributed by atoms with van der Waals surface area (Å²) in [5.74, 6) is 0.671. The van der Waals surface area contributed by atoms with Crippen molar-refractivity contribution in [2.45, 2.75) is 57.8 Å². The van der Waals surface area contributed by atoms with E-state index >= 15 is 0 Å². The molecule has 17 heavy (non-hydrogen) atoms. The van der Waals surface area contributed by atoms with Crippen LogP contribution in [0.25, 0.3) is 0 Å². The van der Waals surface area contributed by atoms with Gasteiger partial charge in [-0.15, -0.1) is 5.10 Å². The number of rotatable bonds is 5. The molecule has 5 nitrogen and oxygen atoms in total. The van der Waals surface area contributed by atoms with Crippen molar-refractivity contribution in [1.29, 1.82) is 0 Å². The van der Waals surface area contributed by atoms with Crippen molar-refractivity contribution in [3.05, 3.63) is 11.9 Å². The van der Waals surface area contributed by atoms with Crippen LogP contribution in [-0.4, -0.2) is 31.3 Å². The molecule has 1 heterocycles. The molecule has 1 saturated carbocycles. The van der Waals surface area contributed by atoms with E-state index in [0.29, 0.717) is 18.2 Å². The first-order chi connectivity index (χ1) is 8.15. The molecule has 1 aromatic rings. The van der Waals surface area contributed by atoms with Crippen LogP contribution in [0.15, 0.2) is 6.20 Å². The lowest BCUT2D eigenvalue weighted by Gasteiger charge is -2.14. The highest BCUT2D eigenvalue weighted by atomic mass is 16.3. The normalized spacial score (nSPS) is 20.6. The summed E-state index contributed by atoms with van der Waals surface area (Å²) < 4.78 is 1.61. The summed E-state index contributed by atoms with van der Waals surface area (Å²) in [6, 6.07) is 0. The average molecular weight is 239 g/mol. The Bertz CT molecular complexity index is 345. The monoisotopic (exact) mass is 239 g/mol. The van der Waals surface area contributed by atoms with Crippen molar-refractivity contribution < 1.29 is 10.2 Å². The van der Waals surface area contributed by atoms with E-state index in [1.807, 2.05) is 0 Å². The smallest absolute Gasteiger partial charge is 0.111 e. The number of aliphatic hydroxyl groups is 2. The van der Waals surface area contributed by atoms with Crippen LogP contribution in [0.1, 0.15) is 50.8 Å². The van der Waals surface area contributed by atoms with Gasteiger partial charge in [0.1, 0.15) is 5.69 Å². The van der Waals surface area contributed by atoms with Crippen LogP contribution in [0.5, 0.6) is 0 Å². The summed E-state index contributed by atoms with van der Waals surface area (Å²) in [5, 5.41) is 27.0. The SMILES string of the molecule is CC(O)c1cn(CC(O)CC2CCCC2)nn1. The molecular weight excluding hydrogens is 218 g/mol. The third kappa shape index (κ3) is 3.51. The zero-order valence-electron chi connectivity index (χ0n) is 10.3. The minimum absolute atomic E-state index is 0.360. The Morgan fingerprint density at radius 3 is 2.71 bits per heavy atom. The Kier molecular flexibility index (Phi) is 4.12. The van der Waals surface area contributed by atoms with E-state index < -0.39 is 6.10 Å². The van der Waals surface area contributed by atoms with Crippen molar-refractivity contribution in [1.82, 2.24) is 15.0 Å². The van der Waals surface area contributed by atoms with E-state index in [2.05, 4.69) is 10.3 Å². The molecule has 1 fully saturated rings. The molecule has 1 aliphatic carbocycles. The molecule has 0 saturated heterocycles. The summed E-state index contributed by atoms with van der Waals surface area (Å²) in [4.78, 5) is 0. The van der Waals surface area contributed by atoms with Gasteiger partial charge in [0.15, 0.2) is 0 Å². The first-order valence-corrected chi connectivity index (χ1v) is 6.41. The Morgan fingerprint density at radius 2 is 2.12 bits per heavy atom. The lowest BCUT2D eigenvalue weighted by molar-refractivity contribution is 0.119. The second-order valence-corrected chi connectivity index (χ2v) is 5.08. The van der Waals surface area contributed by atoms with Crippen LogP contribution in [0.2, 0.25) is 0 Å². The summed E-state index contributed by atoms with van der Waals surface area (Å²) in [5.41, 5.74) is 0.554. The highest BCUT2D eigenvalue weighted by Gasteiger charge is 2.19. The van der Waals surface area contributed by atoms with Gasteiger partial charge in [-0.3, -0.25) is 0 Å². The molecule has 1 aliphatic rings. The lowest BCUT2D eigenvalue weighted by Crippen LogP contribution is -2.19. The second kappa shape index (κ2) is 5.60. The maximum Gasteiger partial charge on any atom is 0.111 e. The Balaban J connectivity index is 1.82. The van der Waals surface area contributed by atoms with Crippen LogP contribution < -0.4 is 0 Å². The van der Waals surface area contributed by atoms with Gasteiger partial charge in [-0.25, -0.2) is 4.68 Å². The number of nitrogens with zero attached hydrogens (tertiary/aromatic N) is 3. The molecule has 0 aromatic carbocycles. The molecule has 96 valence electrons. The molecule has 0 spiro atoms. The maximum atomic E-state index is 9.96. The number of hydrogen-bond donors (Lipinski definition) is 2. The van der Waals surface area contributed by atoms with Crippen LogP contribution in [0, 0.1) is 5.92 Å². The molecule has 1 aromatic heterocycles. The highest BCUT2D eigenvalue weighted by Crippen LogP contribution is 2.28. The third-order valence-electron chi connectivity index (χ3n) is 3.46. The zero-order valence-corrected chi connectivity index (χ0v) is 10.3. The van der Waals surface area contributed by atoms with Gasteiger partial charge in [0.2, 0.25) is 0 Å². The third-order valence-corrected chi connectivity index (χ3v) is 3.46. The second-order valence-electron chi connectivity index (χ2n) is 5.08. The Hall–Kier alpha value is -0.940. The van der Waals surface area contributed by atoms with E-state index in [4.69, 9.17) is 0 Å². The topological polar surface area (TPSA) is 71.2 Å². The molecule has 2 atom stereocenters. The fourth-order valence-corrected chi connectivity index (χ4v) is 2.52. The van der Waals surface area contributed by atoms with Crippen molar-refractivity contribution in [3.8, 4) is 0 Å². The quantitative estimate of drug-likeness (QED) is 0.811. The predicted octanol–water partition coefficient (Wildman–Crippen LogP) is 1.27. The predicted molar refractivity (Wildman–Crippen MR) is 63.2 cm³/mol. The highest BCUT2D eigenvalue weighted by molar-refractivity contribution is 4.95. The lowest BCUT2D eigenvalue weighted by atomic mass is 10.0. The van der Waals surface area contributed by atoms with Crippen molar-refractivity contribution >= 4 is 0 Å². The van der Waals surface area contributed by atoms with Gasteiger partial charge in [0.25, 0.3) is 0 Å². The van der Waals surface area contributed by atoms with Gasteiger partial charge in [0, 0.05) is 0 Å². The van der Waals surface area contributed by atoms with E-state index in [9.17, 15) is 10.2 Å². The minimum Gasteiger partial charge on any atom is -0.391 e. The average Bonchev–Trinajstić information content (AvgIpc) is 2.88.